The van der Waals surface area contributed by atoms with Crippen LogP contribution in [0.1, 0.15) is 6.92 Å². The van der Waals surface area contributed by atoms with E-state index >= 15 is 0 Å². The molecule has 0 aromatic carbocycles. The third kappa shape index (κ3) is 2.16. The largest absolute Gasteiger partial charge is 0.347 e. The summed E-state index contributed by atoms with van der Waals surface area (Å²) in [4.78, 5) is 21.4. The Hall–Kier alpha value is -1.16. The van der Waals surface area contributed by atoms with E-state index in [9.17, 15) is 9.59 Å². The quantitative estimate of drug-likeness (QED) is 0.560. The predicted octanol–water partition coefficient (Wildman–Crippen LogP) is -0.396. The molecule has 11 heavy (non-hydrogen) atoms. The van der Waals surface area contributed by atoms with Crippen molar-refractivity contribution in [3.63, 3.8) is 0 Å². The average Bonchev–Trinajstić information content (AvgIpc) is 1.93. The van der Waals surface area contributed by atoms with Gasteiger partial charge >= 0.3 is 0 Å². The Morgan fingerprint density at radius 3 is 3.09 bits per heavy atom. The van der Waals surface area contributed by atoms with Crippen molar-refractivity contribution >= 4 is 11.7 Å². The van der Waals surface area contributed by atoms with E-state index < -0.39 is 6.23 Å². The number of rotatable bonds is 1. The Morgan fingerprint density at radius 1 is 1.82 bits per heavy atom. The van der Waals surface area contributed by atoms with Crippen LogP contribution < -0.4 is 5.32 Å². The van der Waals surface area contributed by atoms with Gasteiger partial charge in [0.1, 0.15) is 0 Å². The zero-order valence-corrected chi connectivity index (χ0v) is 6.16. The van der Waals surface area contributed by atoms with Crippen molar-refractivity contribution in [1.82, 2.24) is 5.32 Å². The van der Waals surface area contributed by atoms with Gasteiger partial charge in [-0.15, -0.1) is 0 Å². The molecule has 1 heterocycles. The van der Waals surface area contributed by atoms with Crippen LogP contribution in [-0.4, -0.2) is 24.5 Å². The predicted molar refractivity (Wildman–Crippen MR) is 37.7 cm³/mol. The number of carbonyl (C=O) groups is 2. The highest BCUT2D eigenvalue weighted by Gasteiger charge is 2.19. The SMILES string of the molecule is CC(=O)NC1OCC=CC1=O. The van der Waals surface area contributed by atoms with Crippen LogP contribution in [-0.2, 0) is 14.3 Å². The van der Waals surface area contributed by atoms with Crippen LogP contribution in [0.15, 0.2) is 12.2 Å². The van der Waals surface area contributed by atoms with Crippen molar-refractivity contribution in [1.29, 1.82) is 0 Å². The number of carbonyl (C=O) groups excluding carboxylic acids is 2. The summed E-state index contributed by atoms with van der Waals surface area (Å²) in [7, 11) is 0. The number of ketones is 1. The molecule has 0 saturated carbocycles. The lowest BCUT2D eigenvalue weighted by molar-refractivity contribution is -0.135. The number of ether oxygens (including phenoxy) is 1. The number of hydrogen-bond donors (Lipinski definition) is 1. The summed E-state index contributed by atoms with van der Waals surface area (Å²) in [5.41, 5.74) is 0. The van der Waals surface area contributed by atoms with Crippen molar-refractivity contribution in [3.05, 3.63) is 12.2 Å². The summed E-state index contributed by atoms with van der Waals surface area (Å²) < 4.78 is 4.93. The minimum Gasteiger partial charge on any atom is -0.347 e. The molecule has 1 unspecified atom stereocenters. The molecular formula is C7H9NO3. The fraction of sp³-hybridized carbons (Fsp3) is 0.429. The normalized spacial score (nSPS) is 23.4. The Bertz CT molecular complexity index is 210. The van der Waals surface area contributed by atoms with Gasteiger partial charge in [0, 0.05) is 6.92 Å². The van der Waals surface area contributed by atoms with Gasteiger partial charge in [0.15, 0.2) is 6.23 Å². The van der Waals surface area contributed by atoms with Gasteiger partial charge in [-0.3, -0.25) is 9.59 Å². The van der Waals surface area contributed by atoms with Gasteiger partial charge in [0.2, 0.25) is 11.7 Å². The van der Waals surface area contributed by atoms with Crippen LogP contribution >= 0.6 is 0 Å². The highest BCUT2D eigenvalue weighted by molar-refractivity contribution is 5.96. The lowest BCUT2D eigenvalue weighted by Gasteiger charge is -2.17. The molecule has 60 valence electrons. The van der Waals surface area contributed by atoms with Crippen LogP contribution in [0.25, 0.3) is 0 Å². The standard InChI is InChI=1S/C7H9NO3/c1-5(9)8-7-6(10)3-2-4-11-7/h2-3,7H,4H2,1H3,(H,8,9). The summed E-state index contributed by atoms with van der Waals surface area (Å²) in [6, 6.07) is 0. The van der Waals surface area contributed by atoms with E-state index in [1.54, 1.807) is 6.08 Å². The molecule has 0 aliphatic carbocycles. The molecule has 0 saturated heterocycles. The first kappa shape index (κ1) is 7.94. The van der Waals surface area contributed by atoms with Crippen LogP contribution in [0.3, 0.4) is 0 Å². The van der Waals surface area contributed by atoms with E-state index in [1.165, 1.54) is 13.0 Å². The van der Waals surface area contributed by atoms with Crippen LogP contribution in [0.2, 0.25) is 0 Å². The van der Waals surface area contributed by atoms with E-state index in [2.05, 4.69) is 5.32 Å². The zero-order valence-electron chi connectivity index (χ0n) is 6.16. The summed E-state index contributed by atoms with van der Waals surface area (Å²) in [6.45, 7) is 1.71. The smallest absolute Gasteiger partial charge is 0.219 e. The van der Waals surface area contributed by atoms with Crippen molar-refractivity contribution in [2.75, 3.05) is 6.61 Å². The lowest BCUT2D eigenvalue weighted by Crippen LogP contribution is -2.42. The van der Waals surface area contributed by atoms with Gasteiger partial charge in [0.05, 0.1) is 6.61 Å². The van der Waals surface area contributed by atoms with Crippen molar-refractivity contribution in [2.24, 2.45) is 0 Å². The molecule has 1 amide bonds. The first-order valence-corrected chi connectivity index (χ1v) is 3.29. The van der Waals surface area contributed by atoms with Crippen molar-refractivity contribution < 1.29 is 14.3 Å². The second-order valence-corrected chi connectivity index (χ2v) is 2.22. The molecule has 1 atom stereocenters. The van der Waals surface area contributed by atoms with Gasteiger partial charge in [-0.05, 0) is 6.08 Å². The molecule has 1 rings (SSSR count). The number of amides is 1. The van der Waals surface area contributed by atoms with Gasteiger partial charge < -0.3 is 10.1 Å². The Morgan fingerprint density at radius 2 is 2.55 bits per heavy atom. The molecule has 4 heteroatoms. The van der Waals surface area contributed by atoms with E-state index in [0.29, 0.717) is 6.61 Å². The molecule has 0 bridgehead atoms. The highest BCUT2D eigenvalue weighted by atomic mass is 16.5. The lowest BCUT2D eigenvalue weighted by atomic mass is 10.2. The maximum atomic E-state index is 10.9. The number of hydrogen-bond acceptors (Lipinski definition) is 3. The Kier molecular flexibility index (Phi) is 2.38. The van der Waals surface area contributed by atoms with Crippen molar-refractivity contribution in [3.8, 4) is 0 Å². The fourth-order valence-electron chi connectivity index (χ4n) is 0.783. The molecule has 0 radical (unpaired) electrons. The van der Waals surface area contributed by atoms with Crippen LogP contribution in [0.4, 0.5) is 0 Å². The maximum Gasteiger partial charge on any atom is 0.219 e. The minimum atomic E-state index is -0.780. The second kappa shape index (κ2) is 3.30. The van der Waals surface area contributed by atoms with E-state index in [0.717, 1.165) is 0 Å². The second-order valence-electron chi connectivity index (χ2n) is 2.22. The molecule has 0 fully saturated rings. The molecule has 0 aromatic heterocycles. The summed E-state index contributed by atoms with van der Waals surface area (Å²) in [6.07, 6.45) is 2.24. The van der Waals surface area contributed by atoms with Gasteiger partial charge in [-0.1, -0.05) is 6.08 Å². The molecule has 1 aliphatic rings. The summed E-state index contributed by atoms with van der Waals surface area (Å²) >= 11 is 0. The molecule has 1 aliphatic heterocycles. The van der Waals surface area contributed by atoms with Gasteiger partial charge in [-0.2, -0.15) is 0 Å². The Labute approximate surface area is 64.2 Å². The highest BCUT2D eigenvalue weighted by Crippen LogP contribution is 1.98. The molecule has 0 spiro atoms. The molecule has 1 N–H and O–H groups in total. The number of nitrogens with one attached hydrogen (secondary N) is 1. The average molecular weight is 155 g/mol. The Balaban J connectivity index is 2.52. The van der Waals surface area contributed by atoms with E-state index in [1.807, 2.05) is 0 Å². The van der Waals surface area contributed by atoms with Crippen molar-refractivity contribution in [2.45, 2.75) is 13.2 Å². The maximum absolute atomic E-state index is 10.9. The summed E-state index contributed by atoms with van der Waals surface area (Å²) in [5, 5.41) is 2.37. The van der Waals surface area contributed by atoms with Crippen LogP contribution in [0, 0.1) is 0 Å². The zero-order chi connectivity index (χ0) is 8.27. The third-order valence-electron chi connectivity index (χ3n) is 1.23. The van der Waals surface area contributed by atoms with Crippen LogP contribution in [0.5, 0.6) is 0 Å². The topological polar surface area (TPSA) is 55.4 Å². The third-order valence-corrected chi connectivity index (χ3v) is 1.23. The van der Waals surface area contributed by atoms with Gasteiger partial charge in [0.25, 0.3) is 0 Å². The monoisotopic (exact) mass is 155 g/mol. The van der Waals surface area contributed by atoms with Gasteiger partial charge in [-0.25, -0.2) is 0 Å². The van der Waals surface area contributed by atoms with E-state index in [-0.39, 0.29) is 11.7 Å². The van der Waals surface area contributed by atoms with E-state index in [4.69, 9.17) is 4.74 Å². The molecule has 0 aromatic rings. The first-order valence-electron chi connectivity index (χ1n) is 3.29. The minimum absolute atomic E-state index is 0.216. The molecule has 4 nitrogen and oxygen atoms in total. The molecular weight excluding hydrogens is 146 g/mol. The first-order chi connectivity index (χ1) is 5.20. The fourth-order valence-corrected chi connectivity index (χ4v) is 0.783. The summed E-state index contributed by atoms with van der Waals surface area (Å²) in [5.74, 6) is -0.481.